The lowest BCUT2D eigenvalue weighted by Gasteiger charge is -2.14. The van der Waals surface area contributed by atoms with Crippen LogP contribution >= 0.6 is 11.3 Å². The second-order valence-corrected chi connectivity index (χ2v) is 7.74. The molecule has 3 N–H and O–H groups in total. The number of nitrogens with zero attached hydrogens (tertiary/aromatic N) is 2. The van der Waals surface area contributed by atoms with E-state index in [9.17, 15) is 24.5 Å². The lowest BCUT2D eigenvalue weighted by Crippen LogP contribution is -2.51. The Morgan fingerprint density at radius 2 is 1.75 bits per heavy atom. The van der Waals surface area contributed by atoms with Gasteiger partial charge in [-0.2, -0.15) is 0 Å². The highest BCUT2D eigenvalue weighted by Crippen LogP contribution is 2.27. The van der Waals surface area contributed by atoms with Gasteiger partial charge >= 0.3 is 0 Å². The van der Waals surface area contributed by atoms with Crippen LogP contribution < -0.4 is 16.2 Å². The summed E-state index contributed by atoms with van der Waals surface area (Å²) in [6.45, 7) is 3.11. The molecule has 3 rings (SSSR count). The van der Waals surface area contributed by atoms with Crippen LogP contribution in [0.25, 0.3) is 10.6 Å². The number of non-ortho nitro benzene ring substituents is 1. The fourth-order valence-electron chi connectivity index (χ4n) is 2.70. The maximum atomic E-state index is 12.5. The van der Waals surface area contributed by atoms with Crippen molar-refractivity contribution in [3.63, 3.8) is 0 Å². The summed E-state index contributed by atoms with van der Waals surface area (Å²) in [5.74, 6) is -1.86. The number of nitrogens with one attached hydrogen (secondary N) is 3. The molecule has 164 valence electrons. The van der Waals surface area contributed by atoms with E-state index in [2.05, 4.69) is 21.2 Å². The van der Waals surface area contributed by atoms with E-state index in [1.54, 1.807) is 6.92 Å². The Kier molecular flexibility index (Phi) is 6.90. The van der Waals surface area contributed by atoms with Gasteiger partial charge in [0.15, 0.2) is 0 Å². The van der Waals surface area contributed by atoms with Crippen LogP contribution in [0, 0.1) is 17.0 Å². The number of carbonyl (C=O) groups excluding carboxylic acids is 3. The molecule has 0 bridgehead atoms. The van der Waals surface area contributed by atoms with Crippen LogP contribution in [-0.4, -0.2) is 33.7 Å². The number of amides is 3. The first-order chi connectivity index (χ1) is 15.3. The molecule has 3 amide bonds. The largest absolute Gasteiger partial charge is 0.340 e. The number of rotatable bonds is 6. The number of nitro groups is 1. The summed E-state index contributed by atoms with van der Waals surface area (Å²) in [6.07, 6.45) is 0. The summed E-state index contributed by atoms with van der Waals surface area (Å²) in [7, 11) is 0. The quantitative estimate of drug-likeness (QED) is 0.387. The summed E-state index contributed by atoms with van der Waals surface area (Å²) in [5.41, 5.74) is 5.77. The van der Waals surface area contributed by atoms with Gasteiger partial charge in [-0.15, -0.1) is 11.3 Å². The molecule has 2 aromatic carbocycles. The van der Waals surface area contributed by atoms with Crippen molar-refractivity contribution < 1.29 is 19.3 Å². The number of hydrazine groups is 1. The zero-order valence-corrected chi connectivity index (χ0v) is 17.9. The molecule has 0 aliphatic heterocycles. The number of aromatic nitrogens is 1. The Balaban J connectivity index is 1.58. The molecule has 0 fully saturated rings. The lowest BCUT2D eigenvalue weighted by atomic mass is 10.2. The van der Waals surface area contributed by atoms with Crippen LogP contribution in [-0.2, 0) is 4.79 Å². The summed E-state index contributed by atoms with van der Waals surface area (Å²) in [5, 5.41) is 14.0. The lowest BCUT2D eigenvalue weighted by molar-refractivity contribution is -0.384. The number of hydrogen-bond donors (Lipinski definition) is 3. The SMILES string of the molecule is Cc1nc(-c2ccccc2)sc1C(=O)NNC(=O)C(C)NC(=O)c1cccc([N+](=O)[O-])c1. The number of nitro benzene ring substituents is 1. The third-order valence-electron chi connectivity index (χ3n) is 4.38. The van der Waals surface area contributed by atoms with Crippen LogP contribution in [0.15, 0.2) is 54.6 Å². The zero-order valence-electron chi connectivity index (χ0n) is 17.1. The highest BCUT2D eigenvalue weighted by molar-refractivity contribution is 7.17. The molecule has 0 radical (unpaired) electrons. The Labute approximate surface area is 186 Å². The third-order valence-corrected chi connectivity index (χ3v) is 5.59. The summed E-state index contributed by atoms with van der Waals surface area (Å²) >= 11 is 1.19. The monoisotopic (exact) mass is 453 g/mol. The van der Waals surface area contributed by atoms with Crippen molar-refractivity contribution in [2.45, 2.75) is 19.9 Å². The van der Waals surface area contributed by atoms with Gasteiger partial charge in [-0.1, -0.05) is 36.4 Å². The standard InChI is InChI=1S/C21H19N5O5S/c1-12-17(32-21(23-12)14-7-4-3-5-8-14)20(29)25-24-18(27)13(2)22-19(28)15-9-6-10-16(11-15)26(30)31/h3-11,13H,1-2H3,(H,22,28)(H,24,27)(H,25,29). The van der Waals surface area contributed by atoms with Crippen molar-refractivity contribution in [2.24, 2.45) is 0 Å². The van der Waals surface area contributed by atoms with Gasteiger partial charge < -0.3 is 5.32 Å². The normalized spacial score (nSPS) is 11.3. The van der Waals surface area contributed by atoms with Crippen molar-refractivity contribution in [1.29, 1.82) is 0 Å². The van der Waals surface area contributed by atoms with Crippen LogP contribution in [0.2, 0.25) is 0 Å². The van der Waals surface area contributed by atoms with Gasteiger partial charge in [0.2, 0.25) is 0 Å². The van der Waals surface area contributed by atoms with Crippen molar-refractivity contribution in [1.82, 2.24) is 21.2 Å². The molecule has 1 atom stereocenters. The van der Waals surface area contributed by atoms with Gasteiger partial charge in [0.05, 0.1) is 10.6 Å². The van der Waals surface area contributed by atoms with Crippen LogP contribution in [0.1, 0.15) is 32.6 Å². The topological polar surface area (TPSA) is 143 Å². The first-order valence-electron chi connectivity index (χ1n) is 9.44. The minimum Gasteiger partial charge on any atom is -0.340 e. The van der Waals surface area contributed by atoms with Gasteiger partial charge in [-0.3, -0.25) is 35.3 Å². The fourth-order valence-corrected chi connectivity index (χ4v) is 3.67. The van der Waals surface area contributed by atoms with E-state index in [4.69, 9.17) is 0 Å². The molecule has 1 unspecified atom stereocenters. The van der Waals surface area contributed by atoms with E-state index < -0.39 is 28.7 Å². The molecule has 0 saturated carbocycles. The van der Waals surface area contributed by atoms with Crippen molar-refractivity contribution in [3.05, 3.63) is 80.8 Å². The maximum Gasteiger partial charge on any atom is 0.281 e. The number of thiazole rings is 1. The number of carbonyl (C=O) groups is 3. The highest BCUT2D eigenvalue weighted by Gasteiger charge is 2.20. The van der Waals surface area contributed by atoms with Crippen LogP contribution in [0.3, 0.4) is 0 Å². The molecule has 11 heteroatoms. The third kappa shape index (κ3) is 5.32. The molecule has 32 heavy (non-hydrogen) atoms. The maximum absolute atomic E-state index is 12.5. The van der Waals surface area contributed by atoms with E-state index in [0.29, 0.717) is 15.6 Å². The molecule has 3 aromatic rings. The molecule has 0 aliphatic carbocycles. The van der Waals surface area contributed by atoms with Crippen molar-refractivity contribution >= 4 is 34.7 Å². The first kappa shape index (κ1) is 22.6. The van der Waals surface area contributed by atoms with Crippen LogP contribution in [0.5, 0.6) is 0 Å². The number of benzene rings is 2. The van der Waals surface area contributed by atoms with Gasteiger partial charge in [0.25, 0.3) is 23.4 Å². The van der Waals surface area contributed by atoms with Gasteiger partial charge in [-0.25, -0.2) is 4.98 Å². The smallest absolute Gasteiger partial charge is 0.281 e. The second-order valence-electron chi connectivity index (χ2n) is 6.75. The van der Waals surface area contributed by atoms with E-state index in [1.807, 2.05) is 30.3 Å². The second kappa shape index (κ2) is 9.79. The van der Waals surface area contributed by atoms with E-state index >= 15 is 0 Å². The van der Waals surface area contributed by atoms with Crippen molar-refractivity contribution in [2.75, 3.05) is 0 Å². The van der Waals surface area contributed by atoms with Gasteiger partial charge in [0.1, 0.15) is 15.9 Å². The molecule has 1 heterocycles. The molecule has 0 aliphatic rings. The Bertz CT molecular complexity index is 1180. The average Bonchev–Trinajstić information content (AvgIpc) is 3.19. The minimum absolute atomic E-state index is 0.0385. The molecular weight excluding hydrogens is 434 g/mol. The molecular formula is C21H19N5O5S. The zero-order chi connectivity index (χ0) is 23.3. The van der Waals surface area contributed by atoms with Crippen molar-refractivity contribution in [3.8, 4) is 10.6 Å². The van der Waals surface area contributed by atoms with Gasteiger partial charge in [0, 0.05) is 23.3 Å². The summed E-state index contributed by atoms with van der Waals surface area (Å²) in [4.78, 5) is 52.0. The Morgan fingerprint density at radius 1 is 1.03 bits per heavy atom. The van der Waals surface area contributed by atoms with Crippen LogP contribution in [0.4, 0.5) is 5.69 Å². The Morgan fingerprint density at radius 3 is 2.44 bits per heavy atom. The first-order valence-corrected chi connectivity index (χ1v) is 10.3. The summed E-state index contributed by atoms with van der Waals surface area (Å²) < 4.78 is 0. The van der Waals surface area contributed by atoms with E-state index in [0.717, 1.165) is 11.6 Å². The molecule has 10 nitrogen and oxygen atoms in total. The van der Waals surface area contributed by atoms with E-state index in [-0.39, 0.29) is 11.3 Å². The predicted octanol–water partition coefficient (Wildman–Crippen LogP) is 2.61. The minimum atomic E-state index is -1.01. The molecule has 0 spiro atoms. The molecule has 0 saturated heterocycles. The number of aryl methyl sites for hydroxylation is 1. The summed E-state index contributed by atoms with van der Waals surface area (Å²) in [6, 6.07) is 13.5. The highest BCUT2D eigenvalue weighted by atomic mass is 32.1. The average molecular weight is 453 g/mol. The van der Waals surface area contributed by atoms with Gasteiger partial charge in [-0.05, 0) is 19.9 Å². The molecule has 1 aromatic heterocycles. The fraction of sp³-hybridized carbons (Fsp3) is 0.143. The Hall–Kier alpha value is -4.12. The van der Waals surface area contributed by atoms with E-state index in [1.165, 1.54) is 36.5 Å². The predicted molar refractivity (Wildman–Crippen MR) is 118 cm³/mol. The number of hydrogen-bond acceptors (Lipinski definition) is 7.